The van der Waals surface area contributed by atoms with Crippen LogP contribution in [0.5, 0.6) is 0 Å². The molecule has 1 aromatic carbocycles. The third kappa shape index (κ3) is 3.28. The minimum absolute atomic E-state index is 0.187. The Morgan fingerprint density at radius 2 is 1.92 bits per heavy atom. The third-order valence-corrected chi connectivity index (χ3v) is 4.89. The highest BCUT2D eigenvalue weighted by atomic mass is 32.1. The highest BCUT2D eigenvalue weighted by Gasteiger charge is 2.19. The first-order chi connectivity index (χ1) is 12.0. The Labute approximate surface area is 149 Å². The molecule has 3 aromatic rings. The van der Waals surface area contributed by atoms with Gasteiger partial charge in [-0.05, 0) is 12.0 Å². The minimum atomic E-state index is -0.411. The second kappa shape index (κ2) is 7.06. The van der Waals surface area contributed by atoms with E-state index >= 15 is 0 Å². The fraction of sp³-hybridized carbons (Fsp3) is 0.278. The van der Waals surface area contributed by atoms with Gasteiger partial charge in [0, 0.05) is 25.4 Å². The summed E-state index contributed by atoms with van der Waals surface area (Å²) in [7, 11) is 1.47. The molecule has 130 valence electrons. The molecule has 2 heterocycles. The van der Waals surface area contributed by atoms with E-state index in [4.69, 9.17) is 5.73 Å². The summed E-state index contributed by atoms with van der Waals surface area (Å²) < 4.78 is 2.53. The van der Waals surface area contributed by atoms with Crippen LogP contribution in [-0.4, -0.2) is 14.1 Å². The fourth-order valence-corrected chi connectivity index (χ4v) is 3.56. The van der Waals surface area contributed by atoms with Crippen molar-refractivity contribution >= 4 is 17.2 Å². The Bertz CT molecular complexity index is 1000. The molecule has 0 aliphatic carbocycles. The van der Waals surface area contributed by atoms with Crippen molar-refractivity contribution in [2.24, 2.45) is 7.05 Å². The molecule has 0 fully saturated rings. The Balaban J connectivity index is 2.05. The van der Waals surface area contributed by atoms with Crippen LogP contribution in [0.3, 0.4) is 0 Å². The van der Waals surface area contributed by atoms with Gasteiger partial charge in [-0.3, -0.25) is 13.9 Å². The van der Waals surface area contributed by atoms with E-state index in [2.05, 4.69) is 4.98 Å². The summed E-state index contributed by atoms with van der Waals surface area (Å²) in [5.74, 6) is 0.187. The van der Waals surface area contributed by atoms with Crippen LogP contribution >= 0.6 is 11.3 Å². The molecule has 0 amide bonds. The summed E-state index contributed by atoms with van der Waals surface area (Å²) in [6.45, 7) is 2.42. The number of benzene rings is 1. The van der Waals surface area contributed by atoms with Gasteiger partial charge >= 0.3 is 5.69 Å². The number of hydrogen-bond donors (Lipinski definition) is 1. The van der Waals surface area contributed by atoms with Crippen molar-refractivity contribution in [3.05, 3.63) is 67.1 Å². The maximum atomic E-state index is 12.6. The molecule has 0 aliphatic heterocycles. The van der Waals surface area contributed by atoms with Crippen molar-refractivity contribution in [2.75, 3.05) is 5.73 Å². The molecular formula is C18H20N4O2S. The first-order valence-corrected chi connectivity index (χ1v) is 8.99. The lowest BCUT2D eigenvalue weighted by molar-refractivity contribution is 0.600. The van der Waals surface area contributed by atoms with Crippen LogP contribution in [0, 0.1) is 0 Å². The average molecular weight is 356 g/mol. The molecule has 0 atom stereocenters. The highest BCUT2D eigenvalue weighted by molar-refractivity contribution is 7.10. The zero-order chi connectivity index (χ0) is 18.0. The third-order valence-electron chi connectivity index (χ3n) is 4.04. The Hall–Kier alpha value is -2.67. The summed E-state index contributed by atoms with van der Waals surface area (Å²) in [5.41, 5.74) is 7.32. The van der Waals surface area contributed by atoms with E-state index in [0.717, 1.165) is 21.6 Å². The summed E-state index contributed by atoms with van der Waals surface area (Å²) in [5, 5.41) is 2.72. The van der Waals surface area contributed by atoms with E-state index in [1.807, 2.05) is 42.6 Å². The highest BCUT2D eigenvalue weighted by Crippen LogP contribution is 2.24. The predicted octanol–water partition coefficient (Wildman–Crippen LogP) is 2.25. The van der Waals surface area contributed by atoms with Gasteiger partial charge in [0.2, 0.25) is 0 Å². The minimum Gasteiger partial charge on any atom is -0.384 e. The second-order valence-electron chi connectivity index (χ2n) is 5.85. The lowest BCUT2D eigenvalue weighted by Crippen LogP contribution is -2.40. The van der Waals surface area contributed by atoms with E-state index in [9.17, 15) is 9.59 Å². The van der Waals surface area contributed by atoms with Crippen LogP contribution in [0.25, 0.3) is 11.3 Å². The van der Waals surface area contributed by atoms with E-state index < -0.39 is 11.2 Å². The molecule has 0 saturated carbocycles. The van der Waals surface area contributed by atoms with Crippen molar-refractivity contribution in [3.63, 3.8) is 0 Å². The van der Waals surface area contributed by atoms with Gasteiger partial charge in [0.15, 0.2) is 0 Å². The van der Waals surface area contributed by atoms with Crippen LogP contribution in [0.2, 0.25) is 0 Å². The molecule has 6 nitrogen and oxygen atoms in total. The fourth-order valence-electron chi connectivity index (χ4n) is 2.74. The van der Waals surface area contributed by atoms with E-state index in [1.54, 1.807) is 0 Å². The molecule has 2 aromatic heterocycles. The van der Waals surface area contributed by atoms with E-state index in [-0.39, 0.29) is 5.82 Å². The summed E-state index contributed by atoms with van der Waals surface area (Å²) in [6.07, 6.45) is 1.44. The van der Waals surface area contributed by atoms with Crippen LogP contribution in [-0.2, 0) is 20.0 Å². The van der Waals surface area contributed by atoms with Gasteiger partial charge in [-0.1, -0.05) is 37.3 Å². The molecule has 0 aliphatic rings. The SMILES string of the molecule is CCCn1c(N)c(-c2csc(Cc3ccccc3)n2)c(=O)n(C)c1=O. The summed E-state index contributed by atoms with van der Waals surface area (Å²) in [6, 6.07) is 10.0. The van der Waals surface area contributed by atoms with Crippen molar-refractivity contribution < 1.29 is 0 Å². The number of hydrogen-bond acceptors (Lipinski definition) is 5. The first kappa shape index (κ1) is 17.2. The van der Waals surface area contributed by atoms with Crippen LogP contribution in [0.15, 0.2) is 45.3 Å². The quantitative estimate of drug-likeness (QED) is 0.760. The standard InChI is InChI=1S/C18H20N4O2S/c1-3-9-22-16(19)15(17(23)21(2)18(22)24)13-11-25-14(20-13)10-12-7-5-4-6-8-12/h4-8,11H,3,9-10,19H2,1-2H3. The average Bonchev–Trinajstić information content (AvgIpc) is 3.06. The zero-order valence-electron chi connectivity index (χ0n) is 14.2. The topological polar surface area (TPSA) is 82.9 Å². The number of nitrogens with zero attached hydrogens (tertiary/aromatic N) is 3. The van der Waals surface area contributed by atoms with Gasteiger partial charge in [0.25, 0.3) is 5.56 Å². The number of nitrogens with two attached hydrogens (primary N) is 1. The number of thiazole rings is 1. The zero-order valence-corrected chi connectivity index (χ0v) is 15.0. The largest absolute Gasteiger partial charge is 0.384 e. The second-order valence-corrected chi connectivity index (χ2v) is 6.79. The van der Waals surface area contributed by atoms with E-state index in [0.29, 0.717) is 24.2 Å². The molecule has 0 saturated heterocycles. The number of nitrogen functional groups attached to an aromatic ring is 1. The summed E-state index contributed by atoms with van der Waals surface area (Å²) in [4.78, 5) is 29.4. The maximum absolute atomic E-state index is 12.6. The molecule has 0 unspecified atom stereocenters. The predicted molar refractivity (Wildman–Crippen MR) is 101 cm³/mol. The number of rotatable bonds is 5. The molecule has 0 bridgehead atoms. The lowest BCUT2D eigenvalue weighted by atomic mass is 10.1. The van der Waals surface area contributed by atoms with Crippen LogP contribution < -0.4 is 17.0 Å². The Kier molecular flexibility index (Phi) is 4.85. The van der Waals surface area contributed by atoms with Gasteiger partial charge in [-0.25, -0.2) is 9.78 Å². The summed E-state index contributed by atoms with van der Waals surface area (Å²) >= 11 is 1.48. The number of anilines is 1. The molecule has 2 N–H and O–H groups in total. The van der Waals surface area contributed by atoms with Gasteiger partial charge in [0.1, 0.15) is 11.4 Å². The molecule has 25 heavy (non-hydrogen) atoms. The molecule has 0 radical (unpaired) electrons. The van der Waals surface area contributed by atoms with Crippen molar-refractivity contribution in [2.45, 2.75) is 26.3 Å². The molecule has 7 heteroatoms. The molecule has 0 spiro atoms. The molecular weight excluding hydrogens is 336 g/mol. The van der Waals surface area contributed by atoms with Gasteiger partial charge in [0.05, 0.1) is 10.7 Å². The normalized spacial score (nSPS) is 11.0. The smallest absolute Gasteiger partial charge is 0.332 e. The van der Waals surface area contributed by atoms with Crippen molar-refractivity contribution in [3.8, 4) is 11.3 Å². The maximum Gasteiger partial charge on any atom is 0.332 e. The Morgan fingerprint density at radius 3 is 2.60 bits per heavy atom. The van der Waals surface area contributed by atoms with Gasteiger partial charge < -0.3 is 5.73 Å². The first-order valence-electron chi connectivity index (χ1n) is 8.11. The number of aromatic nitrogens is 3. The van der Waals surface area contributed by atoms with Crippen molar-refractivity contribution in [1.29, 1.82) is 0 Å². The lowest BCUT2D eigenvalue weighted by Gasteiger charge is -2.13. The Morgan fingerprint density at radius 1 is 1.20 bits per heavy atom. The van der Waals surface area contributed by atoms with Crippen LogP contribution in [0.4, 0.5) is 5.82 Å². The van der Waals surface area contributed by atoms with Gasteiger partial charge in [-0.2, -0.15) is 0 Å². The molecule has 3 rings (SSSR count). The van der Waals surface area contributed by atoms with E-state index in [1.165, 1.54) is 23.0 Å². The van der Waals surface area contributed by atoms with Crippen molar-refractivity contribution in [1.82, 2.24) is 14.1 Å². The van der Waals surface area contributed by atoms with Crippen LogP contribution in [0.1, 0.15) is 23.9 Å². The van der Waals surface area contributed by atoms with Gasteiger partial charge in [-0.15, -0.1) is 11.3 Å². The monoisotopic (exact) mass is 356 g/mol.